The lowest BCUT2D eigenvalue weighted by atomic mass is 10.0. The highest BCUT2D eigenvalue weighted by Gasteiger charge is 2.17. The summed E-state index contributed by atoms with van der Waals surface area (Å²) < 4.78 is 0. The summed E-state index contributed by atoms with van der Waals surface area (Å²) in [7, 11) is 0. The number of nitrogens with one attached hydrogen (secondary N) is 3. The molecule has 0 radical (unpaired) electrons. The van der Waals surface area contributed by atoms with Gasteiger partial charge in [-0.25, -0.2) is 0 Å². The molecule has 2 heterocycles. The summed E-state index contributed by atoms with van der Waals surface area (Å²) in [5, 5.41) is 9.21. The van der Waals surface area contributed by atoms with Gasteiger partial charge in [0.15, 0.2) is 0 Å². The average Bonchev–Trinajstić information content (AvgIpc) is 3.12. The van der Waals surface area contributed by atoms with Gasteiger partial charge in [0.2, 0.25) is 11.8 Å². The fourth-order valence-electron chi connectivity index (χ4n) is 3.15. The largest absolute Gasteiger partial charge is 0.355 e. The molecule has 2 aliphatic rings. The first kappa shape index (κ1) is 15.0. The lowest BCUT2D eigenvalue weighted by Crippen LogP contribution is -2.37. The van der Waals surface area contributed by atoms with Crippen molar-refractivity contribution in [1.82, 2.24) is 10.6 Å². The predicted molar refractivity (Wildman–Crippen MR) is 85.7 cm³/mol. The van der Waals surface area contributed by atoms with Gasteiger partial charge in [0.1, 0.15) is 0 Å². The number of amides is 2. The van der Waals surface area contributed by atoms with Crippen LogP contribution in [0.2, 0.25) is 0 Å². The van der Waals surface area contributed by atoms with Crippen LogP contribution < -0.4 is 16.0 Å². The van der Waals surface area contributed by atoms with Gasteiger partial charge < -0.3 is 16.0 Å². The van der Waals surface area contributed by atoms with E-state index >= 15 is 0 Å². The molecule has 1 atom stereocenters. The second kappa shape index (κ2) is 6.92. The first-order chi connectivity index (χ1) is 10.7. The zero-order valence-corrected chi connectivity index (χ0v) is 12.8. The van der Waals surface area contributed by atoms with Gasteiger partial charge in [-0.15, -0.1) is 0 Å². The number of aryl methyl sites for hydroxylation is 1. The van der Waals surface area contributed by atoms with E-state index < -0.39 is 0 Å². The second-order valence-corrected chi connectivity index (χ2v) is 6.17. The number of carbonyl (C=O) groups is 2. The molecule has 1 fully saturated rings. The molecule has 0 aromatic heterocycles. The maximum atomic E-state index is 11.8. The number of carbonyl (C=O) groups excluding carboxylic acids is 2. The van der Waals surface area contributed by atoms with E-state index in [1.54, 1.807) is 0 Å². The Labute approximate surface area is 130 Å². The van der Waals surface area contributed by atoms with Gasteiger partial charge >= 0.3 is 0 Å². The SMILES string of the molecule is O=C(CCCc1ccc2c(c1)CC(=O)N2)NCC1CCCN1. The Hall–Kier alpha value is -1.88. The number of hydrogen-bond acceptors (Lipinski definition) is 3. The lowest BCUT2D eigenvalue weighted by Gasteiger charge is -2.11. The van der Waals surface area contributed by atoms with E-state index in [0.717, 1.165) is 43.6 Å². The van der Waals surface area contributed by atoms with Crippen molar-refractivity contribution in [1.29, 1.82) is 0 Å². The fourth-order valence-corrected chi connectivity index (χ4v) is 3.15. The summed E-state index contributed by atoms with van der Waals surface area (Å²) in [5.74, 6) is 0.193. The minimum absolute atomic E-state index is 0.0621. The van der Waals surface area contributed by atoms with Crippen molar-refractivity contribution >= 4 is 17.5 Å². The minimum atomic E-state index is 0.0621. The molecule has 3 N–H and O–H groups in total. The van der Waals surface area contributed by atoms with Gasteiger partial charge in [0, 0.05) is 24.7 Å². The quantitative estimate of drug-likeness (QED) is 0.743. The Morgan fingerprint density at radius 1 is 1.36 bits per heavy atom. The Morgan fingerprint density at radius 2 is 2.27 bits per heavy atom. The zero-order valence-electron chi connectivity index (χ0n) is 12.8. The number of rotatable bonds is 6. The first-order valence-corrected chi connectivity index (χ1v) is 8.12. The Kier molecular flexibility index (Phi) is 4.73. The zero-order chi connectivity index (χ0) is 15.4. The van der Waals surface area contributed by atoms with Gasteiger partial charge in [0.05, 0.1) is 6.42 Å². The maximum Gasteiger partial charge on any atom is 0.228 e. The van der Waals surface area contributed by atoms with Crippen LogP contribution in [0.25, 0.3) is 0 Å². The van der Waals surface area contributed by atoms with Crippen LogP contribution >= 0.6 is 0 Å². The standard InChI is InChI=1S/C17H23N3O2/c21-16(19-11-14-4-2-8-18-14)5-1-3-12-6-7-15-13(9-12)10-17(22)20-15/h6-7,9,14,18H,1-5,8,10-11H2,(H,19,21)(H,20,22). The van der Waals surface area contributed by atoms with Gasteiger partial charge in [0.25, 0.3) is 0 Å². The molecule has 2 amide bonds. The van der Waals surface area contributed by atoms with Gasteiger partial charge in [-0.2, -0.15) is 0 Å². The molecule has 1 saturated heterocycles. The third-order valence-electron chi connectivity index (χ3n) is 4.37. The average molecular weight is 301 g/mol. The monoisotopic (exact) mass is 301 g/mol. The Morgan fingerprint density at radius 3 is 3.09 bits per heavy atom. The van der Waals surface area contributed by atoms with Gasteiger partial charge in [-0.05, 0) is 49.4 Å². The molecule has 22 heavy (non-hydrogen) atoms. The highest BCUT2D eigenvalue weighted by molar-refractivity contribution is 5.99. The molecule has 5 heteroatoms. The van der Waals surface area contributed by atoms with Crippen LogP contribution in [0.3, 0.4) is 0 Å². The van der Waals surface area contributed by atoms with E-state index in [9.17, 15) is 9.59 Å². The minimum Gasteiger partial charge on any atom is -0.355 e. The van der Waals surface area contributed by atoms with Crippen LogP contribution in [0.4, 0.5) is 5.69 Å². The molecule has 5 nitrogen and oxygen atoms in total. The van der Waals surface area contributed by atoms with Crippen molar-refractivity contribution in [2.45, 2.75) is 44.6 Å². The molecule has 2 aliphatic heterocycles. The summed E-state index contributed by atoms with van der Waals surface area (Å²) >= 11 is 0. The van der Waals surface area contributed by atoms with E-state index in [1.165, 1.54) is 12.0 Å². The molecular formula is C17H23N3O2. The molecule has 1 aromatic carbocycles. The van der Waals surface area contributed by atoms with Crippen LogP contribution in [-0.2, 0) is 22.4 Å². The van der Waals surface area contributed by atoms with E-state index in [4.69, 9.17) is 0 Å². The normalized spacial score (nSPS) is 19.8. The number of benzene rings is 1. The Balaban J connectivity index is 1.38. The van der Waals surface area contributed by atoms with E-state index in [1.807, 2.05) is 12.1 Å². The number of fused-ring (bicyclic) bond motifs is 1. The summed E-state index contributed by atoms with van der Waals surface area (Å²) in [6.45, 7) is 1.81. The molecule has 0 saturated carbocycles. The molecular weight excluding hydrogens is 278 g/mol. The molecule has 0 spiro atoms. The van der Waals surface area contributed by atoms with Gasteiger partial charge in [-0.1, -0.05) is 12.1 Å². The van der Waals surface area contributed by atoms with Crippen molar-refractivity contribution in [3.63, 3.8) is 0 Å². The molecule has 1 unspecified atom stereocenters. The highest BCUT2D eigenvalue weighted by Crippen LogP contribution is 2.24. The highest BCUT2D eigenvalue weighted by atomic mass is 16.2. The fraction of sp³-hybridized carbons (Fsp3) is 0.529. The topological polar surface area (TPSA) is 70.2 Å². The van der Waals surface area contributed by atoms with Crippen molar-refractivity contribution in [3.05, 3.63) is 29.3 Å². The molecule has 1 aromatic rings. The van der Waals surface area contributed by atoms with Gasteiger partial charge in [-0.3, -0.25) is 9.59 Å². The van der Waals surface area contributed by atoms with E-state index in [0.29, 0.717) is 18.9 Å². The van der Waals surface area contributed by atoms with Crippen LogP contribution in [0.1, 0.15) is 36.8 Å². The number of hydrogen-bond donors (Lipinski definition) is 3. The van der Waals surface area contributed by atoms with Crippen LogP contribution in [0, 0.1) is 0 Å². The maximum absolute atomic E-state index is 11.8. The predicted octanol–water partition coefficient (Wildman–Crippen LogP) is 1.37. The van der Waals surface area contributed by atoms with Crippen molar-refractivity contribution in [2.24, 2.45) is 0 Å². The second-order valence-electron chi connectivity index (χ2n) is 6.17. The van der Waals surface area contributed by atoms with Crippen molar-refractivity contribution in [3.8, 4) is 0 Å². The molecule has 0 bridgehead atoms. The first-order valence-electron chi connectivity index (χ1n) is 8.12. The third kappa shape index (κ3) is 3.85. The summed E-state index contributed by atoms with van der Waals surface area (Å²) in [5.41, 5.74) is 3.19. The van der Waals surface area contributed by atoms with Crippen molar-refractivity contribution < 1.29 is 9.59 Å². The van der Waals surface area contributed by atoms with Crippen molar-refractivity contribution in [2.75, 3.05) is 18.4 Å². The summed E-state index contributed by atoms with van der Waals surface area (Å²) in [6, 6.07) is 6.52. The van der Waals surface area contributed by atoms with Crippen LogP contribution in [-0.4, -0.2) is 30.9 Å². The Bertz CT molecular complexity index is 565. The lowest BCUT2D eigenvalue weighted by molar-refractivity contribution is -0.121. The van der Waals surface area contributed by atoms with Crippen LogP contribution in [0.15, 0.2) is 18.2 Å². The van der Waals surface area contributed by atoms with Crippen LogP contribution in [0.5, 0.6) is 0 Å². The molecule has 118 valence electrons. The number of anilines is 1. The molecule has 3 rings (SSSR count). The van der Waals surface area contributed by atoms with E-state index in [2.05, 4.69) is 22.0 Å². The smallest absolute Gasteiger partial charge is 0.228 e. The third-order valence-corrected chi connectivity index (χ3v) is 4.37. The summed E-state index contributed by atoms with van der Waals surface area (Å²) in [4.78, 5) is 23.2. The summed E-state index contributed by atoms with van der Waals surface area (Å²) in [6.07, 6.45) is 5.10. The molecule has 0 aliphatic carbocycles. The van der Waals surface area contributed by atoms with E-state index in [-0.39, 0.29) is 11.8 Å².